The van der Waals surface area contributed by atoms with E-state index in [0.29, 0.717) is 32.6 Å². The molecule has 1 N–H and O–H groups in total. The van der Waals surface area contributed by atoms with Gasteiger partial charge in [0.15, 0.2) is 0 Å². The third-order valence-corrected chi connectivity index (χ3v) is 3.34. The lowest BCUT2D eigenvalue weighted by Crippen LogP contribution is -2.28. The van der Waals surface area contributed by atoms with Gasteiger partial charge >= 0.3 is 0 Å². The molecule has 0 unspecified atom stereocenters. The molecule has 0 saturated carbocycles. The highest BCUT2D eigenvalue weighted by molar-refractivity contribution is 5.75. The van der Waals surface area contributed by atoms with Crippen molar-refractivity contribution < 1.29 is 14.3 Å². The van der Waals surface area contributed by atoms with E-state index in [0.717, 1.165) is 17.1 Å². The first-order valence-corrected chi connectivity index (χ1v) is 7.88. The number of aryl methyl sites for hydroxylation is 1. The zero-order valence-corrected chi connectivity index (χ0v) is 13.5. The van der Waals surface area contributed by atoms with E-state index in [1.807, 2.05) is 61.5 Å². The van der Waals surface area contributed by atoms with Crippen LogP contribution in [0.4, 0.5) is 0 Å². The van der Waals surface area contributed by atoms with Gasteiger partial charge in [-0.2, -0.15) is 0 Å². The molecule has 1 amide bonds. The number of hydrogen-bond donors (Lipinski definition) is 1. The number of ether oxygens (including phenoxy) is 2. The summed E-state index contributed by atoms with van der Waals surface area (Å²) in [5, 5.41) is 2.84. The second-order valence-electron chi connectivity index (χ2n) is 5.23. The largest absolute Gasteiger partial charge is 0.493 e. The highest BCUT2D eigenvalue weighted by Gasteiger charge is 2.02. The van der Waals surface area contributed by atoms with Crippen LogP contribution < -0.4 is 14.8 Å². The van der Waals surface area contributed by atoms with Crippen molar-refractivity contribution in [2.24, 2.45) is 0 Å². The number of rotatable bonds is 9. The Hall–Kier alpha value is -2.49. The summed E-state index contributed by atoms with van der Waals surface area (Å²) >= 11 is 0. The van der Waals surface area contributed by atoms with Crippen molar-refractivity contribution in [2.75, 3.05) is 19.8 Å². The fraction of sp³-hybridized carbons (Fsp3) is 0.316. The number of hydrogen-bond acceptors (Lipinski definition) is 3. The minimum absolute atomic E-state index is 0.0232. The first-order chi connectivity index (χ1) is 11.3. The molecular formula is C19H23NO3. The van der Waals surface area contributed by atoms with Crippen LogP contribution in [0.15, 0.2) is 54.6 Å². The van der Waals surface area contributed by atoms with E-state index in [2.05, 4.69) is 5.32 Å². The van der Waals surface area contributed by atoms with Crippen molar-refractivity contribution in [3.63, 3.8) is 0 Å². The molecule has 2 rings (SSSR count). The van der Waals surface area contributed by atoms with Crippen LogP contribution >= 0.6 is 0 Å². The molecule has 0 spiro atoms. The number of nitrogens with one attached hydrogen (secondary N) is 1. The van der Waals surface area contributed by atoms with Gasteiger partial charge in [0, 0.05) is 6.42 Å². The lowest BCUT2D eigenvalue weighted by Gasteiger charge is -2.09. The molecule has 0 saturated heterocycles. The SMILES string of the molecule is Cc1ccccc1OCCCC(=O)NCCOc1ccccc1. The van der Waals surface area contributed by atoms with E-state index < -0.39 is 0 Å². The third-order valence-electron chi connectivity index (χ3n) is 3.34. The molecule has 122 valence electrons. The van der Waals surface area contributed by atoms with Crippen LogP contribution in [0, 0.1) is 6.92 Å². The van der Waals surface area contributed by atoms with Crippen LogP contribution in [-0.2, 0) is 4.79 Å². The Labute approximate surface area is 137 Å². The normalized spacial score (nSPS) is 10.1. The summed E-state index contributed by atoms with van der Waals surface area (Å²) in [5.41, 5.74) is 1.11. The fourth-order valence-electron chi connectivity index (χ4n) is 2.10. The predicted molar refractivity (Wildman–Crippen MR) is 90.9 cm³/mol. The van der Waals surface area contributed by atoms with Crippen molar-refractivity contribution in [3.8, 4) is 11.5 Å². The maximum Gasteiger partial charge on any atom is 0.220 e. The molecule has 0 aliphatic heterocycles. The first kappa shape index (κ1) is 16.9. The van der Waals surface area contributed by atoms with Gasteiger partial charge < -0.3 is 14.8 Å². The van der Waals surface area contributed by atoms with Gasteiger partial charge in [0.2, 0.25) is 5.91 Å². The Kier molecular flexibility index (Phi) is 6.98. The summed E-state index contributed by atoms with van der Waals surface area (Å²) in [5.74, 6) is 1.72. The van der Waals surface area contributed by atoms with E-state index in [-0.39, 0.29) is 5.91 Å². The van der Waals surface area contributed by atoms with Crippen molar-refractivity contribution in [1.82, 2.24) is 5.32 Å². The number of carbonyl (C=O) groups excluding carboxylic acids is 1. The zero-order chi connectivity index (χ0) is 16.3. The fourth-order valence-corrected chi connectivity index (χ4v) is 2.10. The quantitative estimate of drug-likeness (QED) is 0.722. The third kappa shape index (κ3) is 6.43. The standard InChI is InChI=1S/C19H23NO3/c1-16-8-5-6-11-18(16)23-14-7-12-19(21)20-13-15-22-17-9-3-2-4-10-17/h2-6,8-11H,7,12-15H2,1H3,(H,20,21). The summed E-state index contributed by atoms with van der Waals surface area (Å²) in [4.78, 5) is 11.7. The van der Waals surface area contributed by atoms with E-state index in [9.17, 15) is 4.79 Å². The average molecular weight is 313 g/mol. The summed E-state index contributed by atoms with van der Waals surface area (Å²) in [6.45, 7) is 3.52. The Morgan fingerprint density at radius 1 is 0.957 bits per heavy atom. The lowest BCUT2D eigenvalue weighted by atomic mass is 10.2. The Bertz CT molecular complexity index is 599. The minimum Gasteiger partial charge on any atom is -0.493 e. The van der Waals surface area contributed by atoms with Crippen LogP contribution in [-0.4, -0.2) is 25.7 Å². The Balaban J connectivity index is 1.53. The van der Waals surface area contributed by atoms with Gasteiger partial charge in [0.1, 0.15) is 18.1 Å². The van der Waals surface area contributed by atoms with Crippen molar-refractivity contribution in [3.05, 3.63) is 60.2 Å². The molecule has 0 fully saturated rings. The minimum atomic E-state index is 0.0232. The second kappa shape index (κ2) is 9.51. The zero-order valence-electron chi connectivity index (χ0n) is 13.5. The van der Waals surface area contributed by atoms with E-state index >= 15 is 0 Å². The molecule has 0 aromatic heterocycles. The maximum atomic E-state index is 11.7. The van der Waals surface area contributed by atoms with Crippen molar-refractivity contribution >= 4 is 5.91 Å². The Morgan fingerprint density at radius 2 is 1.70 bits per heavy atom. The topological polar surface area (TPSA) is 47.6 Å². The molecule has 0 heterocycles. The lowest BCUT2D eigenvalue weighted by molar-refractivity contribution is -0.121. The number of amides is 1. The van der Waals surface area contributed by atoms with E-state index in [1.165, 1.54) is 0 Å². The summed E-state index contributed by atoms with van der Waals surface area (Å²) in [7, 11) is 0. The van der Waals surface area contributed by atoms with Crippen LogP contribution in [0.3, 0.4) is 0 Å². The average Bonchev–Trinajstić information content (AvgIpc) is 2.58. The van der Waals surface area contributed by atoms with Gasteiger partial charge in [-0.25, -0.2) is 0 Å². The van der Waals surface area contributed by atoms with Crippen LogP contribution in [0.25, 0.3) is 0 Å². The van der Waals surface area contributed by atoms with Gasteiger partial charge in [-0.15, -0.1) is 0 Å². The number of benzene rings is 2. The summed E-state index contributed by atoms with van der Waals surface area (Å²) < 4.78 is 11.2. The molecule has 4 nitrogen and oxygen atoms in total. The van der Waals surface area contributed by atoms with Crippen LogP contribution in [0.2, 0.25) is 0 Å². The molecule has 2 aromatic carbocycles. The molecule has 0 aliphatic carbocycles. The van der Waals surface area contributed by atoms with Crippen molar-refractivity contribution in [2.45, 2.75) is 19.8 Å². The molecule has 2 aromatic rings. The first-order valence-electron chi connectivity index (χ1n) is 7.88. The maximum absolute atomic E-state index is 11.7. The van der Waals surface area contributed by atoms with Crippen LogP contribution in [0.5, 0.6) is 11.5 Å². The van der Waals surface area contributed by atoms with Gasteiger partial charge in [-0.1, -0.05) is 36.4 Å². The summed E-state index contributed by atoms with van der Waals surface area (Å²) in [6.07, 6.45) is 1.15. The van der Waals surface area contributed by atoms with Crippen LogP contribution in [0.1, 0.15) is 18.4 Å². The molecule has 4 heteroatoms. The molecule has 0 radical (unpaired) electrons. The molecule has 0 atom stereocenters. The molecule has 0 bridgehead atoms. The number of para-hydroxylation sites is 2. The molecule has 23 heavy (non-hydrogen) atoms. The highest BCUT2D eigenvalue weighted by atomic mass is 16.5. The van der Waals surface area contributed by atoms with Gasteiger partial charge in [0.05, 0.1) is 13.2 Å². The van der Waals surface area contributed by atoms with Crippen molar-refractivity contribution in [1.29, 1.82) is 0 Å². The summed E-state index contributed by atoms with van der Waals surface area (Å²) in [6, 6.07) is 17.4. The second-order valence-corrected chi connectivity index (χ2v) is 5.23. The monoisotopic (exact) mass is 313 g/mol. The van der Waals surface area contributed by atoms with Gasteiger partial charge in [-0.3, -0.25) is 4.79 Å². The Morgan fingerprint density at radius 3 is 2.48 bits per heavy atom. The van der Waals surface area contributed by atoms with Gasteiger partial charge in [0.25, 0.3) is 0 Å². The van der Waals surface area contributed by atoms with Gasteiger partial charge in [-0.05, 0) is 37.1 Å². The number of carbonyl (C=O) groups is 1. The van der Waals surface area contributed by atoms with E-state index in [1.54, 1.807) is 0 Å². The smallest absolute Gasteiger partial charge is 0.220 e. The molecule has 0 aliphatic rings. The molecular weight excluding hydrogens is 290 g/mol. The van der Waals surface area contributed by atoms with E-state index in [4.69, 9.17) is 9.47 Å². The predicted octanol–water partition coefficient (Wildman–Crippen LogP) is 3.35. The highest BCUT2D eigenvalue weighted by Crippen LogP contribution is 2.16.